The van der Waals surface area contributed by atoms with Crippen molar-refractivity contribution in [3.8, 4) is 0 Å². The molecule has 2 atom stereocenters. The van der Waals surface area contributed by atoms with E-state index in [0.717, 1.165) is 18.5 Å². The lowest BCUT2D eigenvalue weighted by Crippen LogP contribution is -2.27. The van der Waals surface area contributed by atoms with E-state index in [1.807, 2.05) is 0 Å². The molecule has 1 aromatic rings. The Morgan fingerprint density at radius 3 is 2.68 bits per heavy atom. The van der Waals surface area contributed by atoms with E-state index in [1.165, 1.54) is 56.4 Å². The largest absolute Gasteiger partial charge is 0.371 e. The van der Waals surface area contributed by atoms with E-state index in [2.05, 4.69) is 41.4 Å². The lowest BCUT2D eigenvalue weighted by Gasteiger charge is -2.22. The summed E-state index contributed by atoms with van der Waals surface area (Å²) in [5, 5.41) is 3.77. The third-order valence-electron chi connectivity index (χ3n) is 4.71. The molecule has 2 unspecified atom stereocenters. The minimum Gasteiger partial charge on any atom is -0.371 e. The molecule has 0 amide bonds. The monoisotopic (exact) mass is 258 g/mol. The Hall–Kier alpha value is -1.02. The Labute approximate surface area is 117 Å². The Morgan fingerprint density at radius 1 is 1.16 bits per heavy atom. The van der Waals surface area contributed by atoms with E-state index >= 15 is 0 Å². The number of hydrogen-bond acceptors (Lipinski definition) is 2. The average Bonchev–Trinajstić information content (AvgIpc) is 3.08. The Bertz CT molecular complexity index is 409. The number of benzene rings is 1. The van der Waals surface area contributed by atoms with Gasteiger partial charge in [-0.25, -0.2) is 0 Å². The zero-order valence-corrected chi connectivity index (χ0v) is 12.1. The van der Waals surface area contributed by atoms with Crippen molar-refractivity contribution >= 4 is 5.69 Å². The van der Waals surface area contributed by atoms with Crippen LogP contribution in [-0.4, -0.2) is 19.1 Å². The first-order valence-corrected chi connectivity index (χ1v) is 7.89. The van der Waals surface area contributed by atoms with Crippen LogP contribution in [0.15, 0.2) is 24.3 Å². The highest BCUT2D eigenvalue weighted by Crippen LogP contribution is 2.27. The van der Waals surface area contributed by atoms with E-state index < -0.39 is 0 Å². The fourth-order valence-corrected chi connectivity index (χ4v) is 3.57. The summed E-state index contributed by atoms with van der Waals surface area (Å²) < 4.78 is 0. The molecule has 1 aliphatic heterocycles. The quantitative estimate of drug-likeness (QED) is 0.888. The Kier molecular flexibility index (Phi) is 4.07. The summed E-state index contributed by atoms with van der Waals surface area (Å²) in [7, 11) is 0. The molecule has 1 saturated heterocycles. The second-order valence-corrected chi connectivity index (χ2v) is 6.32. The molecule has 1 heterocycles. The maximum absolute atomic E-state index is 3.77. The van der Waals surface area contributed by atoms with Crippen LogP contribution in [0, 0.1) is 5.92 Å². The standard InChI is InChI=1S/C17H26N2/c1-14-8-9-16(12-14)18-13-15-6-2-3-7-17(15)19-10-4-5-11-19/h2-3,6-7,14,16,18H,4-5,8-13H2,1H3. The highest BCUT2D eigenvalue weighted by molar-refractivity contribution is 5.54. The molecule has 2 fully saturated rings. The maximum Gasteiger partial charge on any atom is 0.0411 e. The van der Waals surface area contributed by atoms with Gasteiger partial charge in [-0.05, 0) is 49.7 Å². The zero-order valence-electron chi connectivity index (χ0n) is 12.1. The highest BCUT2D eigenvalue weighted by Gasteiger charge is 2.21. The molecule has 1 aromatic carbocycles. The Morgan fingerprint density at radius 2 is 1.95 bits per heavy atom. The lowest BCUT2D eigenvalue weighted by molar-refractivity contribution is 0.502. The number of nitrogens with zero attached hydrogens (tertiary/aromatic N) is 1. The smallest absolute Gasteiger partial charge is 0.0411 e. The molecule has 1 saturated carbocycles. The first-order chi connectivity index (χ1) is 9.33. The summed E-state index contributed by atoms with van der Waals surface area (Å²) >= 11 is 0. The topological polar surface area (TPSA) is 15.3 Å². The van der Waals surface area contributed by atoms with Gasteiger partial charge < -0.3 is 10.2 Å². The lowest BCUT2D eigenvalue weighted by atomic mass is 10.1. The minimum absolute atomic E-state index is 0.738. The summed E-state index contributed by atoms with van der Waals surface area (Å²) in [5.41, 5.74) is 2.93. The van der Waals surface area contributed by atoms with E-state index in [-0.39, 0.29) is 0 Å². The fourth-order valence-electron chi connectivity index (χ4n) is 3.57. The molecule has 0 spiro atoms. The van der Waals surface area contributed by atoms with E-state index in [0.29, 0.717) is 0 Å². The van der Waals surface area contributed by atoms with Crippen LogP contribution in [0.5, 0.6) is 0 Å². The van der Waals surface area contributed by atoms with Crippen molar-refractivity contribution in [2.24, 2.45) is 5.92 Å². The van der Waals surface area contributed by atoms with Crippen LogP contribution < -0.4 is 10.2 Å². The van der Waals surface area contributed by atoms with Crippen LogP contribution >= 0.6 is 0 Å². The van der Waals surface area contributed by atoms with Gasteiger partial charge in [-0.2, -0.15) is 0 Å². The van der Waals surface area contributed by atoms with Crippen LogP contribution in [0.2, 0.25) is 0 Å². The van der Waals surface area contributed by atoms with E-state index in [1.54, 1.807) is 0 Å². The SMILES string of the molecule is CC1CCC(NCc2ccccc2N2CCCC2)C1. The molecule has 1 N–H and O–H groups in total. The van der Waals surface area contributed by atoms with Crippen molar-refractivity contribution < 1.29 is 0 Å². The van der Waals surface area contributed by atoms with Crippen LogP contribution in [0.25, 0.3) is 0 Å². The van der Waals surface area contributed by atoms with Gasteiger partial charge in [0.05, 0.1) is 0 Å². The van der Waals surface area contributed by atoms with Gasteiger partial charge in [0.25, 0.3) is 0 Å². The van der Waals surface area contributed by atoms with Crippen molar-refractivity contribution in [1.82, 2.24) is 5.32 Å². The van der Waals surface area contributed by atoms with Crippen molar-refractivity contribution in [2.45, 2.75) is 51.6 Å². The number of nitrogens with one attached hydrogen (secondary N) is 1. The van der Waals surface area contributed by atoms with E-state index in [9.17, 15) is 0 Å². The predicted octanol–water partition coefficient (Wildman–Crippen LogP) is 3.57. The second kappa shape index (κ2) is 5.96. The Balaban J connectivity index is 1.63. The summed E-state index contributed by atoms with van der Waals surface area (Å²) in [6, 6.07) is 9.67. The summed E-state index contributed by atoms with van der Waals surface area (Å²) in [6.07, 6.45) is 6.80. The summed E-state index contributed by atoms with van der Waals surface area (Å²) in [5.74, 6) is 0.909. The first kappa shape index (κ1) is 13.0. The van der Waals surface area contributed by atoms with Gasteiger partial charge in [0.2, 0.25) is 0 Å². The van der Waals surface area contributed by atoms with Gasteiger partial charge in [0.1, 0.15) is 0 Å². The molecule has 0 radical (unpaired) electrons. The van der Waals surface area contributed by atoms with Crippen LogP contribution in [-0.2, 0) is 6.54 Å². The minimum atomic E-state index is 0.738. The van der Waals surface area contributed by atoms with Gasteiger partial charge in [-0.3, -0.25) is 0 Å². The van der Waals surface area contributed by atoms with Crippen molar-refractivity contribution in [3.63, 3.8) is 0 Å². The zero-order chi connectivity index (χ0) is 13.1. The van der Waals surface area contributed by atoms with Crippen LogP contribution in [0.4, 0.5) is 5.69 Å². The molecule has 0 aromatic heterocycles. The molecule has 3 rings (SSSR count). The van der Waals surface area contributed by atoms with Crippen molar-refractivity contribution in [1.29, 1.82) is 0 Å². The summed E-state index contributed by atoms with van der Waals surface area (Å²) in [6.45, 7) is 5.87. The second-order valence-electron chi connectivity index (χ2n) is 6.32. The number of para-hydroxylation sites is 1. The van der Waals surface area contributed by atoms with Crippen molar-refractivity contribution in [3.05, 3.63) is 29.8 Å². The molecular weight excluding hydrogens is 232 g/mol. The molecule has 104 valence electrons. The third kappa shape index (κ3) is 3.11. The molecule has 2 nitrogen and oxygen atoms in total. The van der Waals surface area contributed by atoms with Gasteiger partial charge in [0, 0.05) is 31.4 Å². The molecule has 19 heavy (non-hydrogen) atoms. The third-order valence-corrected chi connectivity index (χ3v) is 4.71. The van der Waals surface area contributed by atoms with Gasteiger partial charge in [0.15, 0.2) is 0 Å². The molecule has 0 bridgehead atoms. The molecular formula is C17H26N2. The summed E-state index contributed by atoms with van der Waals surface area (Å²) in [4.78, 5) is 2.55. The predicted molar refractivity (Wildman–Crippen MR) is 81.5 cm³/mol. The van der Waals surface area contributed by atoms with Crippen LogP contribution in [0.1, 0.15) is 44.6 Å². The number of rotatable bonds is 4. The first-order valence-electron chi connectivity index (χ1n) is 7.89. The molecule has 2 heteroatoms. The number of hydrogen-bond donors (Lipinski definition) is 1. The number of anilines is 1. The van der Waals surface area contributed by atoms with E-state index in [4.69, 9.17) is 0 Å². The van der Waals surface area contributed by atoms with Crippen LogP contribution in [0.3, 0.4) is 0 Å². The van der Waals surface area contributed by atoms with Crippen molar-refractivity contribution in [2.75, 3.05) is 18.0 Å². The molecule has 2 aliphatic rings. The fraction of sp³-hybridized carbons (Fsp3) is 0.647. The normalized spacial score (nSPS) is 27.1. The van der Waals surface area contributed by atoms with Gasteiger partial charge in [-0.1, -0.05) is 25.1 Å². The van der Waals surface area contributed by atoms with Gasteiger partial charge >= 0.3 is 0 Å². The maximum atomic E-state index is 3.77. The highest BCUT2D eigenvalue weighted by atomic mass is 15.1. The average molecular weight is 258 g/mol. The molecule has 1 aliphatic carbocycles. The van der Waals surface area contributed by atoms with Gasteiger partial charge in [-0.15, -0.1) is 0 Å².